The topological polar surface area (TPSA) is 55.0 Å². The van der Waals surface area contributed by atoms with E-state index in [1.54, 1.807) is 13.1 Å². The molecule has 0 aromatic carbocycles. The van der Waals surface area contributed by atoms with Crippen molar-refractivity contribution in [2.45, 2.75) is 12.3 Å². The molecule has 1 rings (SSSR count). The Morgan fingerprint density at radius 3 is 3.08 bits per heavy atom. The number of halogens is 1. The molecule has 0 radical (unpaired) electrons. The number of ether oxygens (including phenoxy) is 1. The summed E-state index contributed by atoms with van der Waals surface area (Å²) in [5, 5.41) is 0.652. The molecular weight excluding hydrogens is 224 g/mol. The van der Waals surface area contributed by atoms with Crippen LogP contribution in [-0.4, -0.2) is 22.5 Å². The average Bonchev–Trinajstić information content (AvgIpc) is 2.52. The van der Waals surface area contributed by atoms with Crippen LogP contribution in [0.25, 0.3) is 0 Å². The Morgan fingerprint density at radius 2 is 2.58 bits per heavy atom. The minimum Gasteiger partial charge on any atom is -0.460 e. The van der Waals surface area contributed by atoms with Gasteiger partial charge in [0.2, 0.25) is 5.82 Å². The summed E-state index contributed by atoms with van der Waals surface area (Å²) in [6, 6.07) is 0. The highest BCUT2D eigenvalue weighted by Crippen LogP contribution is 2.03. The smallest absolute Gasteiger partial charge is 0.374 e. The number of esters is 1. The van der Waals surface area contributed by atoms with Gasteiger partial charge < -0.3 is 9.72 Å². The first-order valence-electron chi connectivity index (χ1n) is 3.55. The van der Waals surface area contributed by atoms with E-state index in [1.165, 1.54) is 0 Å². The van der Waals surface area contributed by atoms with Crippen molar-refractivity contribution >= 4 is 21.9 Å². The van der Waals surface area contributed by atoms with Crippen LogP contribution in [0.5, 0.6) is 0 Å². The van der Waals surface area contributed by atoms with Gasteiger partial charge in [-0.05, 0) is 6.92 Å². The average molecular weight is 233 g/mol. The highest BCUT2D eigenvalue weighted by molar-refractivity contribution is 9.08. The maximum Gasteiger partial charge on any atom is 0.374 e. The number of H-pyrrole nitrogens is 1. The van der Waals surface area contributed by atoms with Gasteiger partial charge in [0.1, 0.15) is 0 Å². The normalized spacial score (nSPS) is 9.83. The molecular formula is C7H9BrN2O2. The van der Waals surface area contributed by atoms with E-state index < -0.39 is 5.97 Å². The maximum absolute atomic E-state index is 11.0. The number of carbonyl (C=O) groups excluding carboxylic acids is 1. The molecule has 0 saturated carbocycles. The van der Waals surface area contributed by atoms with Crippen LogP contribution in [-0.2, 0) is 10.1 Å². The Kier molecular flexibility index (Phi) is 3.28. The summed E-state index contributed by atoms with van der Waals surface area (Å²) in [6.45, 7) is 2.12. The second kappa shape index (κ2) is 4.25. The highest BCUT2D eigenvalue weighted by atomic mass is 79.9. The van der Waals surface area contributed by atoms with Gasteiger partial charge in [-0.3, -0.25) is 0 Å². The Labute approximate surface area is 78.5 Å². The van der Waals surface area contributed by atoms with Crippen molar-refractivity contribution < 1.29 is 9.53 Å². The van der Waals surface area contributed by atoms with E-state index in [0.717, 1.165) is 5.69 Å². The van der Waals surface area contributed by atoms with Gasteiger partial charge in [0.15, 0.2) is 0 Å². The molecule has 0 atom stereocenters. The van der Waals surface area contributed by atoms with Crippen LogP contribution in [0.15, 0.2) is 6.20 Å². The third-order valence-corrected chi connectivity index (χ3v) is 1.85. The van der Waals surface area contributed by atoms with E-state index in [1.807, 2.05) is 0 Å². The van der Waals surface area contributed by atoms with Gasteiger partial charge >= 0.3 is 5.97 Å². The summed E-state index contributed by atoms with van der Waals surface area (Å²) in [5.74, 6) is -0.156. The fourth-order valence-electron chi connectivity index (χ4n) is 0.730. The summed E-state index contributed by atoms with van der Waals surface area (Å²) >= 11 is 3.24. The van der Waals surface area contributed by atoms with Gasteiger partial charge in [-0.15, -0.1) is 0 Å². The highest BCUT2D eigenvalue weighted by Gasteiger charge is 2.09. The van der Waals surface area contributed by atoms with Crippen LogP contribution < -0.4 is 0 Å². The minimum atomic E-state index is -0.412. The fourth-order valence-corrected chi connectivity index (χ4v) is 1.02. The van der Waals surface area contributed by atoms with Gasteiger partial charge in [-0.2, -0.15) is 0 Å². The zero-order chi connectivity index (χ0) is 8.97. The molecule has 4 nitrogen and oxygen atoms in total. The van der Waals surface area contributed by atoms with E-state index in [-0.39, 0.29) is 5.82 Å². The van der Waals surface area contributed by atoms with E-state index in [2.05, 4.69) is 25.9 Å². The molecule has 1 aromatic heterocycles. The molecule has 1 aromatic rings. The number of nitrogens with zero attached hydrogens (tertiary/aromatic N) is 1. The molecule has 0 aliphatic rings. The monoisotopic (exact) mass is 232 g/mol. The van der Waals surface area contributed by atoms with Crippen LogP contribution in [0.3, 0.4) is 0 Å². The lowest BCUT2D eigenvalue weighted by Gasteiger charge is -1.95. The van der Waals surface area contributed by atoms with Crippen molar-refractivity contribution in [1.29, 1.82) is 0 Å². The molecule has 0 saturated heterocycles. The number of alkyl halides is 1. The molecule has 0 fully saturated rings. The van der Waals surface area contributed by atoms with E-state index >= 15 is 0 Å². The first kappa shape index (κ1) is 9.25. The summed E-state index contributed by atoms with van der Waals surface area (Å²) in [5.41, 5.74) is 0.859. The number of imidazole rings is 1. The van der Waals surface area contributed by atoms with Crippen molar-refractivity contribution in [2.24, 2.45) is 0 Å². The zero-order valence-electron chi connectivity index (χ0n) is 6.63. The molecule has 0 aliphatic heterocycles. The van der Waals surface area contributed by atoms with Crippen LogP contribution in [0, 0.1) is 0 Å². The summed E-state index contributed by atoms with van der Waals surface area (Å²) < 4.78 is 4.74. The Bertz CT molecular complexity index is 272. The van der Waals surface area contributed by atoms with E-state index in [4.69, 9.17) is 4.74 Å². The van der Waals surface area contributed by atoms with E-state index in [0.29, 0.717) is 11.9 Å². The third-order valence-electron chi connectivity index (χ3n) is 1.24. The standard InChI is InChI=1S/C7H9BrN2O2/c1-2-12-7(11)6-9-4-5(3-8)10-6/h4H,2-3H2,1H3,(H,9,10). The number of aromatic nitrogens is 2. The number of rotatable bonds is 3. The second-order valence-corrected chi connectivity index (χ2v) is 2.67. The predicted octanol–water partition coefficient (Wildman–Crippen LogP) is 1.48. The van der Waals surface area contributed by atoms with Gasteiger partial charge in [0.25, 0.3) is 0 Å². The van der Waals surface area contributed by atoms with Crippen molar-refractivity contribution in [1.82, 2.24) is 9.97 Å². The molecule has 1 N–H and O–H groups in total. The van der Waals surface area contributed by atoms with Crippen molar-refractivity contribution in [3.05, 3.63) is 17.7 Å². The molecule has 0 spiro atoms. The lowest BCUT2D eigenvalue weighted by atomic mass is 10.6. The van der Waals surface area contributed by atoms with Crippen molar-refractivity contribution in [3.63, 3.8) is 0 Å². The van der Waals surface area contributed by atoms with Crippen molar-refractivity contribution in [2.75, 3.05) is 6.61 Å². The third kappa shape index (κ3) is 2.07. The molecule has 0 bridgehead atoms. The summed E-state index contributed by atoms with van der Waals surface area (Å²) in [4.78, 5) is 17.7. The lowest BCUT2D eigenvalue weighted by molar-refractivity contribution is 0.0513. The molecule has 0 aliphatic carbocycles. The van der Waals surface area contributed by atoms with Gasteiger partial charge in [0.05, 0.1) is 6.61 Å². The van der Waals surface area contributed by atoms with Crippen LogP contribution in [0.2, 0.25) is 0 Å². The van der Waals surface area contributed by atoms with Crippen LogP contribution >= 0.6 is 15.9 Å². The fraction of sp³-hybridized carbons (Fsp3) is 0.429. The van der Waals surface area contributed by atoms with Crippen LogP contribution in [0.1, 0.15) is 23.2 Å². The van der Waals surface area contributed by atoms with Gasteiger partial charge in [-0.1, -0.05) is 15.9 Å². The molecule has 0 unspecified atom stereocenters. The minimum absolute atomic E-state index is 0.256. The largest absolute Gasteiger partial charge is 0.460 e. The predicted molar refractivity (Wildman–Crippen MR) is 47.2 cm³/mol. The summed E-state index contributed by atoms with van der Waals surface area (Å²) in [7, 11) is 0. The lowest BCUT2D eigenvalue weighted by Crippen LogP contribution is -2.06. The first-order valence-corrected chi connectivity index (χ1v) is 4.67. The Balaban J connectivity index is 2.68. The second-order valence-electron chi connectivity index (χ2n) is 2.11. The SMILES string of the molecule is CCOC(=O)c1ncc(CBr)[nH]1. The zero-order valence-corrected chi connectivity index (χ0v) is 8.22. The maximum atomic E-state index is 11.0. The molecule has 5 heteroatoms. The number of hydrogen-bond acceptors (Lipinski definition) is 3. The van der Waals surface area contributed by atoms with Crippen molar-refractivity contribution in [3.8, 4) is 0 Å². The molecule has 12 heavy (non-hydrogen) atoms. The number of aromatic amines is 1. The molecule has 0 amide bonds. The number of carbonyl (C=O) groups is 1. The molecule has 66 valence electrons. The van der Waals surface area contributed by atoms with Gasteiger partial charge in [0, 0.05) is 17.2 Å². The quantitative estimate of drug-likeness (QED) is 0.635. The summed E-state index contributed by atoms with van der Waals surface area (Å²) in [6.07, 6.45) is 1.60. The van der Waals surface area contributed by atoms with Crippen LogP contribution in [0.4, 0.5) is 0 Å². The first-order chi connectivity index (χ1) is 5.77. The Hall–Kier alpha value is -0.840. The number of hydrogen-bond donors (Lipinski definition) is 1. The number of nitrogens with one attached hydrogen (secondary N) is 1. The Morgan fingerprint density at radius 1 is 1.83 bits per heavy atom. The van der Waals surface area contributed by atoms with E-state index in [9.17, 15) is 4.79 Å². The van der Waals surface area contributed by atoms with Gasteiger partial charge in [-0.25, -0.2) is 9.78 Å². The molecule has 1 heterocycles.